The van der Waals surface area contributed by atoms with Gasteiger partial charge in [-0.25, -0.2) is 0 Å². The van der Waals surface area contributed by atoms with Gasteiger partial charge in [-0.05, 0) is 30.9 Å². The van der Waals surface area contributed by atoms with Gasteiger partial charge in [0.1, 0.15) is 0 Å². The number of thioether (sulfide) groups is 1. The molecule has 1 rings (SSSR count). The summed E-state index contributed by atoms with van der Waals surface area (Å²) in [6.45, 7) is 7.91. The summed E-state index contributed by atoms with van der Waals surface area (Å²) >= 11 is 1.67. The van der Waals surface area contributed by atoms with Crippen LogP contribution in [0.15, 0.2) is 35.1 Å². The van der Waals surface area contributed by atoms with Crippen molar-refractivity contribution in [3.05, 3.63) is 41.3 Å². The lowest BCUT2D eigenvalue weighted by atomic mass is 10.2. The zero-order valence-electron chi connectivity index (χ0n) is 6.92. The number of aryl methyl sites for hydroxylation is 2. The van der Waals surface area contributed by atoms with E-state index in [1.807, 2.05) is 5.41 Å². The summed E-state index contributed by atoms with van der Waals surface area (Å²) in [5.41, 5.74) is 2.64. The van der Waals surface area contributed by atoms with E-state index in [1.54, 1.807) is 11.8 Å². The molecule has 1 aromatic carbocycles. The summed E-state index contributed by atoms with van der Waals surface area (Å²) in [5.74, 6) is 0. The quantitative estimate of drug-likeness (QED) is 0.602. The van der Waals surface area contributed by atoms with Crippen molar-refractivity contribution in [2.75, 3.05) is 0 Å². The normalized spacial score (nSPS) is 9.64. The van der Waals surface area contributed by atoms with Crippen LogP contribution in [0.1, 0.15) is 11.1 Å². The molecule has 0 aliphatic rings. The van der Waals surface area contributed by atoms with Gasteiger partial charge in [-0.15, -0.1) is 0 Å². The van der Waals surface area contributed by atoms with Crippen molar-refractivity contribution >= 4 is 11.8 Å². The van der Waals surface area contributed by atoms with Crippen LogP contribution in [-0.4, -0.2) is 0 Å². The second kappa shape index (κ2) is 3.63. The number of hydrogen-bond donors (Lipinski definition) is 0. The smallest absolute Gasteiger partial charge is 0.0145 e. The Hall–Kier alpha value is -0.690. The molecule has 0 saturated heterocycles. The molecule has 11 heavy (non-hydrogen) atoms. The van der Waals surface area contributed by atoms with E-state index in [9.17, 15) is 0 Å². The Kier molecular flexibility index (Phi) is 2.77. The van der Waals surface area contributed by atoms with Gasteiger partial charge >= 0.3 is 0 Å². The fraction of sp³-hybridized carbons (Fsp3) is 0.200. The van der Waals surface area contributed by atoms with Crippen LogP contribution in [0.2, 0.25) is 0 Å². The molecular weight excluding hydrogens is 152 g/mol. The van der Waals surface area contributed by atoms with Gasteiger partial charge in [0, 0.05) is 4.90 Å². The first-order valence-electron chi connectivity index (χ1n) is 3.59. The molecule has 0 aliphatic carbocycles. The van der Waals surface area contributed by atoms with Gasteiger partial charge in [0.2, 0.25) is 0 Å². The van der Waals surface area contributed by atoms with Crippen LogP contribution >= 0.6 is 11.8 Å². The van der Waals surface area contributed by atoms with Crippen molar-refractivity contribution in [2.45, 2.75) is 18.7 Å². The van der Waals surface area contributed by atoms with E-state index in [0.29, 0.717) is 0 Å². The van der Waals surface area contributed by atoms with Crippen molar-refractivity contribution in [3.8, 4) is 0 Å². The molecule has 0 nitrogen and oxygen atoms in total. The monoisotopic (exact) mass is 164 g/mol. The first-order chi connectivity index (χ1) is 5.24. The molecule has 0 N–H and O–H groups in total. The topological polar surface area (TPSA) is 0 Å². The van der Waals surface area contributed by atoms with E-state index in [-0.39, 0.29) is 0 Å². The summed E-state index contributed by atoms with van der Waals surface area (Å²) in [5, 5.41) is 1.86. The van der Waals surface area contributed by atoms with E-state index in [0.717, 1.165) is 0 Å². The number of hydrogen-bond acceptors (Lipinski definition) is 1. The molecule has 0 aliphatic heterocycles. The predicted molar refractivity (Wildman–Crippen MR) is 52.0 cm³/mol. The molecular formula is C10H12S. The van der Waals surface area contributed by atoms with Gasteiger partial charge in [-0.1, -0.05) is 36.0 Å². The minimum Gasteiger partial charge on any atom is -0.0984 e. The van der Waals surface area contributed by atoms with Crippen LogP contribution < -0.4 is 0 Å². The molecule has 1 heteroatoms. The van der Waals surface area contributed by atoms with E-state index in [2.05, 4.69) is 38.6 Å². The highest BCUT2D eigenvalue weighted by Gasteiger charge is 1.95. The Labute approximate surface area is 72.3 Å². The molecule has 0 fully saturated rings. The molecule has 0 radical (unpaired) electrons. The minimum absolute atomic E-state index is 1.30. The van der Waals surface area contributed by atoms with E-state index < -0.39 is 0 Å². The van der Waals surface area contributed by atoms with Crippen LogP contribution in [0, 0.1) is 13.8 Å². The molecule has 0 aromatic heterocycles. The van der Waals surface area contributed by atoms with E-state index >= 15 is 0 Å². The van der Waals surface area contributed by atoms with Crippen LogP contribution in [0.5, 0.6) is 0 Å². The van der Waals surface area contributed by atoms with Gasteiger partial charge in [-0.3, -0.25) is 0 Å². The van der Waals surface area contributed by atoms with E-state index in [1.165, 1.54) is 16.0 Å². The third-order valence-corrected chi connectivity index (χ3v) is 2.42. The Morgan fingerprint density at radius 1 is 1.36 bits per heavy atom. The van der Waals surface area contributed by atoms with Gasteiger partial charge < -0.3 is 0 Å². The number of rotatable bonds is 2. The van der Waals surface area contributed by atoms with Crippen LogP contribution in [0.4, 0.5) is 0 Å². The van der Waals surface area contributed by atoms with Crippen molar-refractivity contribution in [1.29, 1.82) is 0 Å². The highest BCUT2D eigenvalue weighted by atomic mass is 32.2. The fourth-order valence-electron chi connectivity index (χ4n) is 1.02. The fourth-order valence-corrected chi connectivity index (χ4v) is 1.59. The lowest BCUT2D eigenvalue weighted by Crippen LogP contribution is -1.79. The second-order valence-electron chi connectivity index (χ2n) is 2.55. The van der Waals surface area contributed by atoms with Gasteiger partial charge in [-0.2, -0.15) is 0 Å². The lowest BCUT2D eigenvalue weighted by Gasteiger charge is -2.01. The zero-order valence-corrected chi connectivity index (χ0v) is 7.74. The van der Waals surface area contributed by atoms with Crippen molar-refractivity contribution < 1.29 is 0 Å². The van der Waals surface area contributed by atoms with Crippen molar-refractivity contribution in [3.63, 3.8) is 0 Å². The maximum Gasteiger partial charge on any atom is 0.0145 e. The third-order valence-electron chi connectivity index (χ3n) is 1.54. The first kappa shape index (κ1) is 8.41. The maximum atomic E-state index is 3.68. The SMILES string of the molecule is C=CSc1ccc(C)cc1C. The highest BCUT2D eigenvalue weighted by molar-refractivity contribution is 8.02. The zero-order chi connectivity index (χ0) is 8.27. The molecule has 0 bridgehead atoms. The second-order valence-corrected chi connectivity index (χ2v) is 3.56. The average molecular weight is 164 g/mol. The molecule has 0 saturated carbocycles. The van der Waals surface area contributed by atoms with Gasteiger partial charge in [0.05, 0.1) is 0 Å². The van der Waals surface area contributed by atoms with Gasteiger partial charge in [0.25, 0.3) is 0 Å². The van der Waals surface area contributed by atoms with Crippen LogP contribution in [0.3, 0.4) is 0 Å². The maximum absolute atomic E-state index is 3.68. The van der Waals surface area contributed by atoms with Gasteiger partial charge in [0.15, 0.2) is 0 Å². The molecule has 58 valence electrons. The Balaban J connectivity index is 2.98. The van der Waals surface area contributed by atoms with Crippen LogP contribution in [-0.2, 0) is 0 Å². The molecule has 0 spiro atoms. The van der Waals surface area contributed by atoms with E-state index in [4.69, 9.17) is 0 Å². The Morgan fingerprint density at radius 2 is 2.09 bits per heavy atom. The molecule has 0 heterocycles. The minimum atomic E-state index is 1.30. The van der Waals surface area contributed by atoms with Crippen molar-refractivity contribution in [2.24, 2.45) is 0 Å². The molecule has 0 amide bonds. The Bertz CT molecular complexity index is 264. The largest absolute Gasteiger partial charge is 0.0984 e. The van der Waals surface area contributed by atoms with Crippen LogP contribution in [0.25, 0.3) is 0 Å². The summed E-state index contributed by atoms with van der Waals surface area (Å²) < 4.78 is 0. The summed E-state index contributed by atoms with van der Waals surface area (Å²) in [6.07, 6.45) is 0. The lowest BCUT2D eigenvalue weighted by molar-refractivity contribution is 1.27. The summed E-state index contributed by atoms with van der Waals surface area (Å²) in [4.78, 5) is 1.30. The Morgan fingerprint density at radius 3 is 2.64 bits per heavy atom. The highest BCUT2D eigenvalue weighted by Crippen LogP contribution is 2.23. The molecule has 0 unspecified atom stereocenters. The third kappa shape index (κ3) is 2.12. The molecule has 1 aromatic rings. The number of benzene rings is 1. The standard InChI is InChI=1S/C10H12S/c1-4-11-10-6-5-8(2)7-9(10)3/h4-7H,1H2,2-3H3. The predicted octanol–water partition coefficient (Wildman–Crippen LogP) is 3.54. The summed E-state index contributed by atoms with van der Waals surface area (Å²) in [6, 6.07) is 6.45. The van der Waals surface area contributed by atoms with Crippen molar-refractivity contribution in [1.82, 2.24) is 0 Å². The summed E-state index contributed by atoms with van der Waals surface area (Å²) in [7, 11) is 0. The first-order valence-corrected chi connectivity index (χ1v) is 4.47. The molecule has 0 atom stereocenters. The average Bonchev–Trinajstić information content (AvgIpc) is 1.95.